The molecule has 2 N–H and O–H groups in total. The number of carbonyl (C=O) groups excluding carboxylic acids is 1. The van der Waals surface area contributed by atoms with Crippen molar-refractivity contribution in [2.24, 2.45) is 11.8 Å². The Balaban J connectivity index is 1.80. The zero-order valence-electron chi connectivity index (χ0n) is 10.3. The van der Waals surface area contributed by atoms with Crippen LogP contribution in [0.3, 0.4) is 0 Å². The van der Waals surface area contributed by atoms with Crippen molar-refractivity contribution in [3.8, 4) is 0 Å². The predicted octanol–water partition coefficient (Wildman–Crippen LogP) is 1.45. The zero-order chi connectivity index (χ0) is 13.1. The standard InChI is InChI=1S/C14H17NO3/c1-9(7-10-5-3-2-4-6-10)15-13(16)11-8-12(11)14(17)18/h2-6,9,11-12H,7-8H2,1H3,(H,15,16)(H,17,18). The number of hydrogen-bond acceptors (Lipinski definition) is 2. The Kier molecular flexibility index (Phi) is 3.65. The van der Waals surface area contributed by atoms with Crippen LogP contribution in [0.1, 0.15) is 18.9 Å². The van der Waals surface area contributed by atoms with Crippen LogP contribution in [0.25, 0.3) is 0 Å². The third-order valence-corrected chi connectivity index (χ3v) is 3.22. The number of benzene rings is 1. The van der Waals surface area contributed by atoms with E-state index in [1.807, 2.05) is 37.3 Å². The van der Waals surface area contributed by atoms with Gasteiger partial charge in [0.2, 0.25) is 5.91 Å². The van der Waals surface area contributed by atoms with E-state index < -0.39 is 11.9 Å². The summed E-state index contributed by atoms with van der Waals surface area (Å²) in [6, 6.07) is 9.93. The summed E-state index contributed by atoms with van der Waals surface area (Å²) < 4.78 is 0. The van der Waals surface area contributed by atoms with E-state index in [2.05, 4.69) is 5.32 Å². The summed E-state index contributed by atoms with van der Waals surface area (Å²) in [5.74, 6) is -1.81. The molecule has 0 bridgehead atoms. The molecule has 0 spiro atoms. The molecule has 0 aliphatic heterocycles. The molecule has 18 heavy (non-hydrogen) atoms. The molecule has 1 aliphatic carbocycles. The lowest BCUT2D eigenvalue weighted by molar-refractivity contribution is -0.140. The topological polar surface area (TPSA) is 66.4 Å². The third-order valence-electron chi connectivity index (χ3n) is 3.22. The van der Waals surface area contributed by atoms with Crippen molar-refractivity contribution in [2.75, 3.05) is 0 Å². The SMILES string of the molecule is CC(Cc1ccccc1)NC(=O)C1CC1C(=O)O. The van der Waals surface area contributed by atoms with Crippen LogP contribution in [-0.2, 0) is 16.0 Å². The Morgan fingerprint density at radius 1 is 1.33 bits per heavy atom. The second kappa shape index (κ2) is 5.21. The Labute approximate surface area is 106 Å². The second-order valence-electron chi connectivity index (χ2n) is 4.89. The van der Waals surface area contributed by atoms with Gasteiger partial charge >= 0.3 is 5.97 Å². The molecule has 4 heteroatoms. The summed E-state index contributed by atoms with van der Waals surface area (Å²) in [6.07, 6.45) is 1.23. The summed E-state index contributed by atoms with van der Waals surface area (Å²) in [4.78, 5) is 22.4. The van der Waals surface area contributed by atoms with Crippen LogP contribution < -0.4 is 5.32 Å². The molecule has 96 valence electrons. The highest BCUT2D eigenvalue weighted by molar-refractivity contribution is 5.89. The molecule has 0 radical (unpaired) electrons. The smallest absolute Gasteiger partial charge is 0.307 e. The van der Waals surface area contributed by atoms with Gasteiger partial charge in [-0.1, -0.05) is 30.3 Å². The van der Waals surface area contributed by atoms with E-state index in [0.29, 0.717) is 6.42 Å². The Hall–Kier alpha value is -1.84. The van der Waals surface area contributed by atoms with Gasteiger partial charge in [0, 0.05) is 6.04 Å². The molecule has 4 nitrogen and oxygen atoms in total. The van der Waals surface area contributed by atoms with E-state index in [4.69, 9.17) is 5.11 Å². The Morgan fingerprint density at radius 3 is 2.56 bits per heavy atom. The van der Waals surface area contributed by atoms with Crippen LogP contribution >= 0.6 is 0 Å². The van der Waals surface area contributed by atoms with Crippen molar-refractivity contribution in [1.29, 1.82) is 0 Å². The monoisotopic (exact) mass is 247 g/mol. The number of amides is 1. The molecule has 2 rings (SSSR count). The summed E-state index contributed by atoms with van der Waals surface area (Å²) in [7, 11) is 0. The van der Waals surface area contributed by atoms with Crippen LogP contribution in [0.15, 0.2) is 30.3 Å². The Bertz CT molecular complexity index is 444. The summed E-state index contributed by atoms with van der Waals surface area (Å²) in [5.41, 5.74) is 1.16. The van der Waals surface area contributed by atoms with Crippen molar-refractivity contribution >= 4 is 11.9 Å². The molecule has 1 aliphatic rings. The molecule has 1 amide bonds. The van der Waals surface area contributed by atoms with Gasteiger partial charge in [-0.05, 0) is 25.3 Å². The third kappa shape index (κ3) is 3.09. The van der Waals surface area contributed by atoms with Crippen molar-refractivity contribution in [3.05, 3.63) is 35.9 Å². The molecule has 1 fully saturated rings. The van der Waals surface area contributed by atoms with Crippen LogP contribution in [0.2, 0.25) is 0 Å². The first-order chi connectivity index (χ1) is 8.58. The minimum absolute atomic E-state index is 0.0231. The van der Waals surface area contributed by atoms with Crippen molar-refractivity contribution in [1.82, 2.24) is 5.32 Å². The number of aliphatic carboxylic acids is 1. The molecular formula is C14H17NO3. The molecule has 0 saturated heterocycles. The lowest BCUT2D eigenvalue weighted by atomic mass is 10.1. The van der Waals surface area contributed by atoms with Gasteiger partial charge in [-0.15, -0.1) is 0 Å². The number of rotatable bonds is 5. The first kappa shape index (κ1) is 12.6. The van der Waals surface area contributed by atoms with E-state index in [1.165, 1.54) is 0 Å². The minimum Gasteiger partial charge on any atom is -0.481 e. The van der Waals surface area contributed by atoms with Gasteiger partial charge in [0.25, 0.3) is 0 Å². The average Bonchev–Trinajstić information content (AvgIpc) is 3.09. The highest BCUT2D eigenvalue weighted by atomic mass is 16.4. The highest BCUT2D eigenvalue weighted by Crippen LogP contribution is 2.38. The van der Waals surface area contributed by atoms with Crippen LogP contribution in [0.5, 0.6) is 0 Å². The van der Waals surface area contributed by atoms with E-state index in [9.17, 15) is 9.59 Å². The number of carboxylic acids is 1. The van der Waals surface area contributed by atoms with Crippen LogP contribution in [0.4, 0.5) is 0 Å². The van der Waals surface area contributed by atoms with Gasteiger partial charge in [-0.25, -0.2) is 0 Å². The first-order valence-corrected chi connectivity index (χ1v) is 6.15. The quantitative estimate of drug-likeness (QED) is 0.827. The van der Waals surface area contributed by atoms with E-state index in [-0.39, 0.29) is 17.9 Å². The zero-order valence-corrected chi connectivity index (χ0v) is 10.3. The lowest BCUT2D eigenvalue weighted by Crippen LogP contribution is -2.35. The van der Waals surface area contributed by atoms with E-state index in [0.717, 1.165) is 12.0 Å². The molecule has 1 aromatic carbocycles. The maximum absolute atomic E-state index is 11.7. The fourth-order valence-electron chi connectivity index (χ4n) is 2.13. The van der Waals surface area contributed by atoms with Crippen LogP contribution in [0, 0.1) is 11.8 Å². The largest absolute Gasteiger partial charge is 0.481 e. The van der Waals surface area contributed by atoms with Crippen molar-refractivity contribution in [2.45, 2.75) is 25.8 Å². The van der Waals surface area contributed by atoms with Gasteiger partial charge in [0.1, 0.15) is 0 Å². The molecule has 1 aromatic rings. The average molecular weight is 247 g/mol. The fraction of sp³-hybridized carbons (Fsp3) is 0.429. The first-order valence-electron chi connectivity index (χ1n) is 6.15. The molecule has 0 aromatic heterocycles. The van der Waals surface area contributed by atoms with E-state index in [1.54, 1.807) is 0 Å². The normalized spacial score (nSPS) is 23.2. The number of carboxylic acid groups (broad SMARTS) is 1. The predicted molar refractivity (Wildman–Crippen MR) is 67.0 cm³/mol. The maximum atomic E-state index is 11.7. The molecule has 3 unspecified atom stereocenters. The van der Waals surface area contributed by atoms with Crippen LogP contribution in [-0.4, -0.2) is 23.0 Å². The van der Waals surface area contributed by atoms with Crippen molar-refractivity contribution < 1.29 is 14.7 Å². The Morgan fingerprint density at radius 2 is 2.00 bits per heavy atom. The van der Waals surface area contributed by atoms with Gasteiger partial charge in [-0.3, -0.25) is 9.59 Å². The summed E-state index contributed by atoms with van der Waals surface area (Å²) >= 11 is 0. The second-order valence-corrected chi connectivity index (χ2v) is 4.89. The van der Waals surface area contributed by atoms with Gasteiger partial charge in [-0.2, -0.15) is 0 Å². The minimum atomic E-state index is -0.870. The lowest BCUT2D eigenvalue weighted by Gasteiger charge is -2.13. The number of hydrogen-bond donors (Lipinski definition) is 2. The summed E-state index contributed by atoms with van der Waals surface area (Å²) in [6.45, 7) is 1.93. The number of carbonyl (C=O) groups is 2. The van der Waals surface area contributed by atoms with E-state index >= 15 is 0 Å². The van der Waals surface area contributed by atoms with Crippen molar-refractivity contribution in [3.63, 3.8) is 0 Å². The van der Waals surface area contributed by atoms with Gasteiger partial charge in [0.15, 0.2) is 0 Å². The molecule has 1 saturated carbocycles. The molecule has 0 heterocycles. The van der Waals surface area contributed by atoms with Gasteiger partial charge < -0.3 is 10.4 Å². The molecule has 3 atom stereocenters. The fourth-order valence-corrected chi connectivity index (χ4v) is 2.13. The van der Waals surface area contributed by atoms with Gasteiger partial charge in [0.05, 0.1) is 11.8 Å². The number of nitrogens with one attached hydrogen (secondary N) is 1. The maximum Gasteiger partial charge on any atom is 0.307 e. The summed E-state index contributed by atoms with van der Waals surface area (Å²) in [5, 5.41) is 11.6. The molecular weight excluding hydrogens is 230 g/mol. The highest BCUT2D eigenvalue weighted by Gasteiger charge is 2.48.